The topological polar surface area (TPSA) is 69.8 Å². The minimum Gasteiger partial charge on any atom is -0.295 e. The van der Waals surface area contributed by atoms with Gasteiger partial charge in [-0.05, 0) is 18.2 Å². The predicted octanol–water partition coefficient (Wildman–Crippen LogP) is 4.28. The highest BCUT2D eigenvalue weighted by Crippen LogP contribution is 2.33. The molecule has 1 heterocycles. The van der Waals surface area contributed by atoms with Gasteiger partial charge >= 0.3 is 0 Å². The lowest BCUT2D eigenvalue weighted by molar-refractivity contribution is 0.0964. The third-order valence-electron chi connectivity index (χ3n) is 3.03. The number of carbonyl (C=O) groups is 1. The van der Waals surface area contributed by atoms with E-state index < -0.39 is 0 Å². The molecule has 3 rings (SSSR count). The lowest BCUT2D eigenvalue weighted by Crippen LogP contribution is -2.29. The number of benzene rings is 2. The standard InChI is InChI=1S/C14H9Cl3N4O/c15-8-4-10(16)13(11(17)5-8)20-21-14(22)9-3-1-2-7-6-18-19-12(7)9/h1-6,20H,(H,18,19)(H,21,22). The fourth-order valence-corrected chi connectivity index (χ4v) is 2.92. The largest absolute Gasteiger partial charge is 0.295 e. The summed E-state index contributed by atoms with van der Waals surface area (Å²) in [4.78, 5) is 12.3. The Hall–Kier alpha value is -1.95. The van der Waals surface area contributed by atoms with E-state index >= 15 is 0 Å². The molecule has 0 fully saturated rings. The van der Waals surface area contributed by atoms with Crippen molar-refractivity contribution in [2.75, 3.05) is 5.43 Å². The number of amides is 1. The van der Waals surface area contributed by atoms with Crippen molar-refractivity contribution in [3.63, 3.8) is 0 Å². The predicted molar refractivity (Wildman–Crippen MR) is 88.7 cm³/mol. The molecular weight excluding hydrogens is 347 g/mol. The summed E-state index contributed by atoms with van der Waals surface area (Å²) in [6.07, 6.45) is 1.65. The molecule has 0 spiro atoms. The van der Waals surface area contributed by atoms with Crippen LogP contribution in [-0.2, 0) is 0 Å². The zero-order valence-electron chi connectivity index (χ0n) is 11.0. The number of carbonyl (C=O) groups excluding carboxylic acids is 1. The third-order valence-corrected chi connectivity index (χ3v) is 3.84. The number of halogens is 3. The summed E-state index contributed by atoms with van der Waals surface area (Å²) in [5.74, 6) is -0.350. The maximum atomic E-state index is 12.3. The van der Waals surface area contributed by atoms with Gasteiger partial charge in [-0.1, -0.05) is 46.9 Å². The summed E-state index contributed by atoms with van der Waals surface area (Å²) in [7, 11) is 0. The molecule has 0 saturated heterocycles. The van der Waals surface area contributed by atoms with E-state index in [1.165, 1.54) is 12.1 Å². The molecule has 0 unspecified atom stereocenters. The lowest BCUT2D eigenvalue weighted by atomic mass is 10.1. The first kappa shape index (κ1) is 15.0. The number of hydrogen-bond donors (Lipinski definition) is 3. The number of aromatic amines is 1. The first-order valence-electron chi connectivity index (χ1n) is 6.19. The highest BCUT2D eigenvalue weighted by Gasteiger charge is 2.13. The molecule has 0 bridgehead atoms. The van der Waals surface area contributed by atoms with E-state index in [4.69, 9.17) is 34.8 Å². The Morgan fingerprint density at radius 2 is 1.86 bits per heavy atom. The molecule has 0 aliphatic rings. The average molecular weight is 356 g/mol. The van der Waals surface area contributed by atoms with E-state index in [-0.39, 0.29) is 5.91 Å². The summed E-state index contributed by atoms with van der Waals surface area (Å²) in [6, 6.07) is 8.37. The molecule has 1 aromatic heterocycles. The van der Waals surface area contributed by atoms with Gasteiger partial charge in [0.05, 0.1) is 33.0 Å². The molecule has 2 aromatic carbocycles. The summed E-state index contributed by atoms with van der Waals surface area (Å²) in [5, 5.41) is 8.57. The Morgan fingerprint density at radius 1 is 1.14 bits per heavy atom. The van der Waals surface area contributed by atoms with Crippen molar-refractivity contribution in [1.29, 1.82) is 0 Å². The molecule has 22 heavy (non-hydrogen) atoms. The number of anilines is 1. The molecule has 0 radical (unpaired) electrons. The smallest absolute Gasteiger partial charge is 0.271 e. The number of fused-ring (bicyclic) bond motifs is 1. The quantitative estimate of drug-likeness (QED) is 0.614. The summed E-state index contributed by atoms with van der Waals surface area (Å²) >= 11 is 17.9. The van der Waals surface area contributed by atoms with Gasteiger partial charge in [-0.25, -0.2) is 0 Å². The molecule has 3 N–H and O–H groups in total. The van der Waals surface area contributed by atoms with Gasteiger partial charge in [0.1, 0.15) is 0 Å². The number of H-pyrrole nitrogens is 1. The van der Waals surface area contributed by atoms with Gasteiger partial charge in [0.2, 0.25) is 0 Å². The minimum atomic E-state index is -0.350. The van der Waals surface area contributed by atoms with Crippen LogP contribution in [0, 0.1) is 0 Å². The number of aromatic nitrogens is 2. The second-order valence-corrected chi connectivity index (χ2v) is 5.71. The highest BCUT2D eigenvalue weighted by atomic mass is 35.5. The van der Waals surface area contributed by atoms with Crippen molar-refractivity contribution in [3.05, 3.63) is 57.2 Å². The number of hydrazine groups is 1. The first-order chi connectivity index (χ1) is 10.6. The van der Waals surface area contributed by atoms with Crippen LogP contribution in [0.2, 0.25) is 15.1 Å². The summed E-state index contributed by atoms with van der Waals surface area (Å²) < 4.78 is 0. The number of para-hydroxylation sites is 1. The molecule has 112 valence electrons. The van der Waals surface area contributed by atoms with Crippen molar-refractivity contribution >= 4 is 57.3 Å². The molecular formula is C14H9Cl3N4O. The van der Waals surface area contributed by atoms with Gasteiger partial charge in [-0.15, -0.1) is 0 Å². The first-order valence-corrected chi connectivity index (χ1v) is 7.32. The third kappa shape index (κ3) is 2.83. The second kappa shape index (κ2) is 6.04. The highest BCUT2D eigenvalue weighted by molar-refractivity contribution is 6.41. The van der Waals surface area contributed by atoms with Crippen LogP contribution < -0.4 is 10.9 Å². The van der Waals surface area contributed by atoms with Gasteiger partial charge in [0, 0.05) is 10.4 Å². The molecule has 5 nitrogen and oxygen atoms in total. The minimum absolute atomic E-state index is 0.303. The van der Waals surface area contributed by atoms with Gasteiger partial charge in [0.15, 0.2) is 0 Å². The van der Waals surface area contributed by atoms with Crippen LogP contribution in [0.15, 0.2) is 36.5 Å². The summed E-state index contributed by atoms with van der Waals surface area (Å²) in [6.45, 7) is 0. The summed E-state index contributed by atoms with van der Waals surface area (Å²) in [5.41, 5.74) is 6.73. The van der Waals surface area contributed by atoms with E-state index in [0.29, 0.717) is 31.8 Å². The van der Waals surface area contributed by atoms with Gasteiger partial charge in [-0.3, -0.25) is 20.7 Å². The van der Waals surface area contributed by atoms with Gasteiger partial charge in [0.25, 0.3) is 5.91 Å². The van der Waals surface area contributed by atoms with E-state index in [0.717, 1.165) is 5.39 Å². The van der Waals surface area contributed by atoms with Crippen LogP contribution in [0.5, 0.6) is 0 Å². The second-order valence-electron chi connectivity index (χ2n) is 4.46. The molecule has 0 aliphatic heterocycles. The van der Waals surface area contributed by atoms with Crippen molar-refractivity contribution in [3.8, 4) is 0 Å². The van der Waals surface area contributed by atoms with E-state index in [9.17, 15) is 4.79 Å². The van der Waals surface area contributed by atoms with Crippen molar-refractivity contribution in [2.45, 2.75) is 0 Å². The normalized spacial score (nSPS) is 10.7. The van der Waals surface area contributed by atoms with Crippen LogP contribution in [0.25, 0.3) is 10.9 Å². The number of hydrogen-bond acceptors (Lipinski definition) is 3. The van der Waals surface area contributed by atoms with E-state index in [1.54, 1.807) is 18.3 Å². The Kier molecular flexibility index (Phi) is 4.11. The molecule has 8 heteroatoms. The number of nitrogens with zero attached hydrogens (tertiary/aromatic N) is 1. The van der Waals surface area contributed by atoms with Crippen LogP contribution in [0.3, 0.4) is 0 Å². The van der Waals surface area contributed by atoms with Gasteiger partial charge in [-0.2, -0.15) is 5.10 Å². The molecule has 0 atom stereocenters. The number of nitrogens with one attached hydrogen (secondary N) is 3. The fraction of sp³-hybridized carbons (Fsp3) is 0. The van der Waals surface area contributed by atoms with Crippen LogP contribution in [-0.4, -0.2) is 16.1 Å². The zero-order valence-corrected chi connectivity index (χ0v) is 13.2. The molecule has 3 aromatic rings. The lowest BCUT2D eigenvalue weighted by Gasteiger charge is -2.12. The van der Waals surface area contributed by atoms with Crippen molar-refractivity contribution in [2.24, 2.45) is 0 Å². The Bertz CT molecular complexity index is 839. The van der Waals surface area contributed by atoms with Crippen LogP contribution in [0.1, 0.15) is 10.4 Å². The monoisotopic (exact) mass is 354 g/mol. The number of rotatable bonds is 3. The van der Waals surface area contributed by atoms with Crippen molar-refractivity contribution in [1.82, 2.24) is 15.6 Å². The molecule has 0 saturated carbocycles. The van der Waals surface area contributed by atoms with Crippen molar-refractivity contribution < 1.29 is 4.79 Å². The Balaban J connectivity index is 1.83. The zero-order chi connectivity index (χ0) is 15.7. The molecule has 0 aliphatic carbocycles. The average Bonchev–Trinajstić information content (AvgIpc) is 2.94. The van der Waals surface area contributed by atoms with Gasteiger partial charge < -0.3 is 0 Å². The van der Waals surface area contributed by atoms with Crippen LogP contribution in [0.4, 0.5) is 5.69 Å². The maximum Gasteiger partial charge on any atom is 0.271 e. The van der Waals surface area contributed by atoms with Crippen LogP contribution >= 0.6 is 34.8 Å². The Morgan fingerprint density at radius 3 is 2.59 bits per heavy atom. The molecule has 1 amide bonds. The van der Waals surface area contributed by atoms with E-state index in [2.05, 4.69) is 21.0 Å². The van der Waals surface area contributed by atoms with E-state index in [1.807, 2.05) is 6.07 Å². The fourth-order valence-electron chi connectivity index (χ4n) is 2.01. The SMILES string of the molecule is O=C(NNc1c(Cl)cc(Cl)cc1Cl)c1cccc2cn[nH]c12. The Labute approximate surface area is 140 Å². The maximum absolute atomic E-state index is 12.3.